The molecule has 1 aliphatic rings. The second-order valence-electron chi connectivity index (χ2n) is 5.83. The summed E-state index contributed by atoms with van der Waals surface area (Å²) < 4.78 is 2.42. The molecule has 1 heteroatoms. The monoisotopic (exact) mass is 253 g/mol. The van der Waals surface area contributed by atoms with Crippen LogP contribution in [0.5, 0.6) is 0 Å². The van der Waals surface area contributed by atoms with Crippen LogP contribution in [0, 0.1) is 6.92 Å². The first-order valence-corrected chi connectivity index (χ1v) is 7.49. The molecule has 1 heterocycles. The average molecular weight is 253 g/mol. The smallest absolute Gasteiger partial charge is 0.0222 e. The minimum Gasteiger partial charge on any atom is -0.351 e. The molecule has 0 saturated heterocycles. The Bertz CT molecular complexity index is 545. The molecule has 1 aliphatic carbocycles. The van der Waals surface area contributed by atoms with Gasteiger partial charge in [0, 0.05) is 24.0 Å². The molecule has 1 fully saturated rings. The number of benzene rings is 1. The van der Waals surface area contributed by atoms with E-state index in [1.54, 1.807) is 0 Å². The predicted octanol–water partition coefficient (Wildman–Crippen LogP) is 5.05. The summed E-state index contributed by atoms with van der Waals surface area (Å²) in [5.74, 6) is 0.773. The average Bonchev–Trinajstić information content (AvgIpc) is 2.77. The van der Waals surface area contributed by atoms with Crippen molar-refractivity contribution in [3.63, 3.8) is 0 Å². The zero-order valence-corrected chi connectivity index (χ0v) is 12.0. The van der Waals surface area contributed by atoms with Crippen LogP contribution in [-0.2, 0) is 7.05 Å². The van der Waals surface area contributed by atoms with Crippen molar-refractivity contribution in [1.29, 1.82) is 0 Å². The second kappa shape index (κ2) is 5.24. The molecule has 1 aromatic carbocycles. The third kappa shape index (κ3) is 2.34. The van der Waals surface area contributed by atoms with Gasteiger partial charge in [-0.15, -0.1) is 0 Å². The van der Waals surface area contributed by atoms with Gasteiger partial charge < -0.3 is 4.57 Å². The molecule has 0 unspecified atom stereocenters. The van der Waals surface area contributed by atoms with Crippen LogP contribution < -0.4 is 0 Å². The van der Waals surface area contributed by atoms with Crippen LogP contribution in [0.4, 0.5) is 0 Å². The Labute approximate surface area is 116 Å². The molecule has 19 heavy (non-hydrogen) atoms. The summed E-state index contributed by atoms with van der Waals surface area (Å²) in [6, 6.07) is 13.2. The van der Waals surface area contributed by atoms with Gasteiger partial charge in [-0.3, -0.25) is 0 Å². The van der Waals surface area contributed by atoms with Crippen molar-refractivity contribution >= 4 is 0 Å². The Morgan fingerprint density at radius 3 is 2.37 bits per heavy atom. The van der Waals surface area contributed by atoms with Gasteiger partial charge in [-0.25, -0.2) is 0 Å². The Kier molecular flexibility index (Phi) is 3.46. The van der Waals surface area contributed by atoms with Crippen molar-refractivity contribution in [1.82, 2.24) is 4.57 Å². The molecule has 0 amide bonds. The van der Waals surface area contributed by atoms with E-state index in [4.69, 9.17) is 0 Å². The second-order valence-corrected chi connectivity index (χ2v) is 5.83. The fourth-order valence-electron chi connectivity index (χ4n) is 3.42. The highest BCUT2D eigenvalue weighted by Crippen LogP contribution is 2.36. The Morgan fingerprint density at radius 1 is 1.00 bits per heavy atom. The molecule has 1 saturated carbocycles. The number of hydrogen-bond acceptors (Lipinski definition) is 0. The summed E-state index contributed by atoms with van der Waals surface area (Å²) in [7, 11) is 2.23. The summed E-state index contributed by atoms with van der Waals surface area (Å²) in [5.41, 5.74) is 5.68. The van der Waals surface area contributed by atoms with E-state index in [1.165, 1.54) is 54.6 Å². The molecule has 0 spiro atoms. The summed E-state index contributed by atoms with van der Waals surface area (Å²) >= 11 is 0. The van der Waals surface area contributed by atoms with Crippen LogP contribution in [0.1, 0.15) is 49.4 Å². The van der Waals surface area contributed by atoms with E-state index in [9.17, 15) is 0 Å². The minimum absolute atomic E-state index is 0.773. The molecule has 1 aromatic heterocycles. The van der Waals surface area contributed by atoms with E-state index in [0.717, 1.165) is 5.92 Å². The molecule has 0 N–H and O–H groups in total. The largest absolute Gasteiger partial charge is 0.351 e. The van der Waals surface area contributed by atoms with E-state index >= 15 is 0 Å². The van der Waals surface area contributed by atoms with Gasteiger partial charge in [-0.1, -0.05) is 49.6 Å². The lowest BCUT2D eigenvalue weighted by Crippen LogP contribution is -2.09. The van der Waals surface area contributed by atoms with Crippen LogP contribution in [0.15, 0.2) is 36.4 Å². The zero-order chi connectivity index (χ0) is 13.2. The molecule has 2 aromatic rings. The summed E-state index contributed by atoms with van der Waals surface area (Å²) in [6.07, 6.45) is 6.95. The van der Waals surface area contributed by atoms with E-state index in [1.807, 2.05) is 0 Å². The fraction of sp³-hybridized carbons (Fsp3) is 0.444. The molecular formula is C18H23N. The fourth-order valence-corrected chi connectivity index (χ4v) is 3.42. The molecule has 0 bridgehead atoms. The van der Waals surface area contributed by atoms with Gasteiger partial charge in [0.05, 0.1) is 0 Å². The summed E-state index contributed by atoms with van der Waals surface area (Å²) in [5, 5.41) is 0. The summed E-state index contributed by atoms with van der Waals surface area (Å²) in [4.78, 5) is 0. The first-order valence-electron chi connectivity index (χ1n) is 7.49. The van der Waals surface area contributed by atoms with Gasteiger partial charge in [0.25, 0.3) is 0 Å². The Hall–Kier alpha value is -1.50. The zero-order valence-electron chi connectivity index (χ0n) is 12.0. The standard InChI is InChI=1S/C18H23N/c1-14-17(15-9-5-3-6-10-15)13-18(19(14)2)16-11-7-4-8-12-16/h3,5-6,9-10,13,16H,4,7-8,11-12H2,1-2H3. The first kappa shape index (κ1) is 12.5. The highest BCUT2D eigenvalue weighted by atomic mass is 15.0. The molecule has 100 valence electrons. The highest BCUT2D eigenvalue weighted by Gasteiger charge is 2.20. The maximum atomic E-state index is 2.43. The molecule has 3 rings (SSSR count). The first-order chi connectivity index (χ1) is 9.27. The highest BCUT2D eigenvalue weighted by molar-refractivity contribution is 5.67. The van der Waals surface area contributed by atoms with Crippen LogP contribution in [0.25, 0.3) is 11.1 Å². The summed E-state index contributed by atoms with van der Waals surface area (Å²) in [6.45, 7) is 2.24. The third-order valence-corrected chi connectivity index (χ3v) is 4.68. The van der Waals surface area contributed by atoms with Crippen LogP contribution in [0.3, 0.4) is 0 Å². The van der Waals surface area contributed by atoms with Gasteiger partial charge in [-0.2, -0.15) is 0 Å². The minimum atomic E-state index is 0.773. The van der Waals surface area contributed by atoms with Crippen LogP contribution in [0.2, 0.25) is 0 Å². The van der Waals surface area contributed by atoms with Crippen molar-refractivity contribution in [3.05, 3.63) is 47.8 Å². The number of nitrogens with zero attached hydrogens (tertiary/aromatic N) is 1. The van der Waals surface area contributed by atoms with Crippen LogP contribution in [-0.4, -0.2) is 4.57 Å². The third-order valence-electron chi connectivity index (χ3n) is 4.68. The van der Waals surface area contributed by atoms with E-state index in [2.05, 4.69) is 54.9 Å². The van der Waals surface area contributed by atoms with Gasteiger partial charge in [0.1, 0.15) is 0 Å². The van der Waals surface area contributed by atoms with Crippen molar-refractivity contribution < 1.29 is 0 Å². The van der Waals surface area contributed by atoms with Crippen molar-refractivity contribution in [2.45, 2.75) is 44.9 Å². The van der Waals surface area contributed by atoms with Gasteiger partial charge >= 0.3 is 0 Å². The van der Waals surface area contributed by atoms with Crippen molar-refractivity contribution in [3.8, 4) is 11.1 Å². The van der Waals surface area contributed by atoms with E-state index < -0.39 is 0 Å². The number of rotatable bonds is 2. The molecule has 0 atom stereocenters. The lowest BCUT2D eigenvalue weighted by Gasteiger charge is -2.22. The molecule has 0 aliphatic heterocycles. The van der Waals surface area contributed by atoms with Gasteiger partial charge in [-0.05, 0) is 37.3 Å². The normalized spacial score (nSPS) is 16.7. The topological polar surface area (TPSA) is 4.93 Å². The van der Waals surface area contributed by atoms with E-state index in [0.29, 0.717) is 0 Å². The maximum Gasteiger partial charge on any atom is 0.0222 e. The molecular weight excluding hydrogens is 230 g/mol. The van der Waals surface area contributed by atoms with Gasteiger partial charge in [0.15, 0.2) is 0 Å². The Balaban J connectivity index is 1.99. The van der Waals surface area contributed by atoms with Gasteiger partial charge in [0.2, 0.25) is 0 Å². The SMILES string of the molecule is Cc1c(-c2ccccc2)cc(C2CCCCC2)n1C. The Morgan fingerprint density at radius 2 is 1.68 bits per heavy atom. The molecule has 0 radical (unpaired) electrons. The van der Waals surface area contributed by atoms with E-state index in [-0.39, 0.29) is 0 Å². The predicted molar refractivity (Wildman–Crippen MR) is 81.4 cm³/mol. The quantitative estimate of drug-likeness (QED) is 0.706. The molecule has 1 nitrogen and oxygen atoms in total. The lowest BCUT2D eigenvalue weighted by atomic mass is 9.86. The number of hydrogen-bond donors (Lipinski definition) is 0. The maximum absolute atomic E-state index is 2.43. The van der Waals surface area contributed by atoms with Crippen molar-refractivity contribution in [2.24, 2.45) is 7.05 Å². The van der Waals surface area contributed by atoms with Crippen molar-refractivity contribution in [2.75, 3.05) is 0 Å². The van der Waals surface area contributed by atoms with Crippen LogP contribution >= 0.6 is 0 Å². The lowest BCUT2D eigenvalue weighted by molar-refractivity contribution is 0.428. The number of aromatic nitrogens is 1.